The Morgan fingerprint density at radius 3 is 2.44 bits per heavy atom. The molecule has 1 atom stereocenters. The number of methoxy groups -OCH3 is 1. The molecule has 0 spiro atoms. The number of carbonyl (C=O) groups is 2. The molecule has 1 N–H and O–H groups in total. The summed E-state index contributed by atoms with van der Waals surface area (Å²) >= 11 is 0. The molecule has 0 radical (unpaired) electrons. The number of amides is 1. The number of esters is 1. The Bertz CT molecular complexity index is 759. The number of ether oxygens (including phenoxy) is 2. The van der Waals surface area contributed by atoms with Crippen molar-refractivity contribution in [3.8, 4) is 5.75 Å². The van der Waals surface area contributed by atoms with Crippen molar-refractivity contribution in [1.82, 2.24) is 0 Å². The van der Waals surface area contributed by atoms with Gasteiger partial charge in [0.1, 0.15) is 0 Å². The number of benzene rings is 2. The highest BCUT2D eigenvalue weighted by molar-refractivity contribution is 5.95. The van der Waals surface area contributed by atoms with Gasteiger partial charge in [0.05, 0.1) is 13.5 Å². The van der Waals surface area contributed by atoms with E-state index in [0.717, 1.165) is 5.56 Å². The number of halogens is 1. The van der Waals surface area contributed by atoms with Crippen LogP contribution in [0.3, 0.4) is 0 Å². The van der Waals surface area contributed by atoms with Crippen molar-refractivity contribution >= 4 is 17.6 Å². The molecule has 2 aromatic rings. The minimum Gasteiger partial charge on any atom is -0.494 e. The molecule has 0 saturated heterocycles. The molecular formula is C19H20FNO4. The third-order valence-electron chi connectivity index (χ3n) is 3.56. The Morgan fingerprint density at radius 2 is 1.84 bits per heavy atom. The molecule has 0 aliphatic heterocycles. The molecule has 1 amide bonds. The number of nitrogens with one attached hydrogen (secondary N) is 1. The minimum atomic E-state index is -0.961. The second kappa shape index (κ2) is 8.28. The van der Waals surface area contributed by atoms with Gasteiger partial charge in [0.25, 0.3) is 5.91 Å². The number of hydrogen-bond donors (Lipinski definition) is 1. The van der Waals surface area contributed by atoms with Gasteiger partial charge in [0, 0.05) is 5.69 Å². The van der Waals surface area contributed by atoms with Crippen molar-refractivity contribution in [2.45, 2.75) is 26.4 Å². The summed E-state index contributed by atoms with van der Waals surface area (Å²) in [5.41, 5.74) is 2.13. The van der Waals surface area contributed by atoms with Gasteiger partial charge in [-0.2, -0.15) is 0 Å². The van der Waals surface area contributed by atoms with Crippen LogP contribution >= 0.6 is 0 Å². The number of carbonyl (C=O) groups excluding carboxylic acids is 2. The Hall–Kier alpha value is -2.89. The average Bonchev–Trinajstić information content (AvgIpc) is 2.57. The number of aryl methyl sites for hydroxylation is 1. The molecule has 0 aliphatic rings. The first-order chi connectivity index (χ1) is 11.9. The molecule has 0 heterocycles. The van der Waals surface area contributed by atoms with E-state index in [1.807, 2.05) is 19.1 Å². The van der Waals surface area contributed by atoms with Gasteiger partial charge < -0.3 is 14.8 Å². The van der Waals surface area contributed by atoms with E-state index in [1.165, 1.54) is 26.2 Å². The van der Waals surface area contributed by atoms with E-state index in [2.05, 4.69) is 5.32 Å². The van der Waals surface area contributed by atoms with Gasteiger partial charge in [-0.1, -0.05) is 23.8 Å². The highest BCUT2D eigenvalue weighted by Gasteiger charge is 2.18. The maximum atomic E-state index is 13.6. The van der Waals surface area contributed by atoms with Gasteiger partial charge in [-0.3, -0.25) is 9.59 Å². The summed E-state index contributed by atoms with van der Waals surface area (Å²) in [4.78, 5) is 24.0. The second-order valence-corrected chi connectivity index (χ2v) is 5.63. The van der Waals surface area contributed by atoms with E-state index in [4.69, 9.17) is 9.47 Å². The molecule has 0 fully saturated rings. The fourth-order valence-electron chi connectivity index (χ4n) is 2.16. The molecule has 2 rings (SSSR count). The highest BCUT2D eigenvalue weighted by atomic mass is 19.1. The van der Waals surface area contributed by atoms with E-state index in [0.29, 0.717) is 11.3 Å². The van der Waals surface area contributed by atoms with E-state index in [1.54, 1.807) is 18.2 Å². The Balaban J connectivity index is 1.89. The van der Waals surface area contributed by atoms with Crippen LogP contribution in [0.2, 0.25) is 0 Å². The van der Waals surface area contributed by atoms with Crippen LogP contribution in [0, 0.1) is 12.7 Å². The summed E-state index contributed by atoms with van der Waals surface area (Å²) in [6.07, 6.45) is -1.10. The van der Waals surface area contributed by atoms with Crippen molar-refractivity contribution < 1.29 is 23.5 Å². The standard InChI is InChI=1S/C19H20FNO4/c1-12-4-7-15(8-5-12)21-19(23)13(2)25-18(22)11-14-6-9-17(24-3)16(20)10-14/h4-10,13H,11H2,1-3H3,(H,21,23)/t13-/m0/s1. The van der Waals surface area contributed by atoms with E-state index < -0.39 is 23.8 Å². The summed E-state index contributed by atoms with van der Waals surface area (Å²) in [5, 5.41) is 2.67. The first-order valence-electron chi connectivity index (χ1n) is 7.78. The average molecular weight is 345 g/mol. The van der Waals surface area contributed by atoms with E-state index >= 15 is 0 Å². The molecule has 0 saturated carbocycles. The SMILES string of the molecule is COc1ccc(CC(=O)O[C@@H](C)C(=O)Nc2ccc(C)cc2)cc1F. The zero-order valence-electron chi connectivity index (χ0n) is 14.3. The van der Waals surface area contributed by atoms with E-state index in [9.17, 15) is 14.0 Å². The molecule has 132 valence electrons. The molecule has 0 unspecified atom stereocenters. The number of anilines is 1. The van der Waals surface area contributed by atoms with Crippen molar-refractivity contribution in [3.05, 3.63) is 59.4 Å². The molecule has 0 aliphatic carbocycles. The summed E-state index contributed by atoms with van der Waals surface area (Å²) < 4.78 is 23.5. The molecule has 2 aromatic carbocycles. The van der Waals surface area contributed by atoms with Crippen LogP contribution in [-0.4, -0.2) is 25.1 Å². The monoisotopic (exact) mass is 345 g/mol. The van der Waals surface area contributed by atoms with Crippen LogP contribution in [0.4, 0.5) is 10.1 Å². The molecule has 0 bridgehead atoms. The quantitative estimate of drug-likeness (QED) is 0.816. The first-order valence-corrected chi connectivity index (χ1v) is 7.78. The summed E-state index contributed by atoms with van der Waals surface area (Å²) in [6, 6.07) is 11.5. The van der Waals surface area contributed by atoms with Crippen LogP contribution in [0.15, 0.2) is 42.5 Å². The van der Waals surface area contributed by atoms with Crippen molar-refractivity contribution in [2.75, 3.05) is 12.4 Å². The second-order valence-electron chi connectivity index (χ2n) is 5.63. The predicted molar refractivity (Wildman–Crippen MR) is 92.0 cm³/mol. The van der Waals surface area contributed by atoms with Gasteiger partial charge in [0.15, 0.2) is 17.7 Å². The van der Waals surface area contributed by atoms with Crippen LogP contribution < -0.4 is 10.1 Å². The fraction of sp³-hybridized carbons (Fsp3) is 0.263. The minimum absolute atomic E-state index is 0.1000. The Labute approximate surface area is 145 Å². The summed E-state index contributed by atoms with van der Waals surface area (Å²) in [5.74, 6) is -1.50. The lowest BCUT2D eigenvalue weighted by molar-refractivity contribution is -0.152. The topological polar surface area (TPSA) is 64.6 Å². The lowest BCUT2D eigenvalue weighted by Crippen LogP contribution is -2.30. The van der Waals surface area contributed by atoms with Crippen LogP contribution in [0.1, 0.15) is 18.1 Å². The Kier molecular flexibility index (Phi) is 6.11. The normalized spacial score (nSPS) is 11.5. The third kappa shape index (κ3) is 5.31. The summed E-state index contributed by atoms with van der Waals surface area (Å²) in [7, 11) is 1.36. The van der Waals surface area contributed by atoms with Gasteiger partial charge >= 0.3 is 5.97 Å². The van der Waals surface area contributed by atoms with E-state index in [-0.39, 0.29) is 12.2 Å². The zero-order chi connectivity index (χ0) is 18.4. The predicted octanol–water partition coefficient (Wildman–Crippen LogP) is 3.26. The van der Waals surface area contributed by atoms with Crippen molar-refractivity contribution in [2.24, 2.45) is 0 Å². The molecular weight excluding hydrogens is 325 g/mol. The molecule has 5 nitrogen and oxygen atoms in total. The molecule has 25 heavy (non-hydrogen) atoms. The largest absolute Gasteiger partial charge is 0.494 e. The smallest absolute Gasteiger partial charge is 0.311 e. The van der Waals surface area contributed by atoms with Crippen molar-refractivity contribution in [1.29, 1.82) is 0 Å². The zero-order valence-corrected chi connectivity index (χ0v) is 14.3. The highest BCUT2D eigenvalue weighted by Crippen LogP contribution is 2.18. The molecule has 0 aromatic heterocycles. The van der Waals surface area contributed by atoms with Gasteiger partial charge in [-0.05, 0) is 43.7 Å². The number of rotatable bonds is 6. The van der Waals surface area contributed by atoms with Crippen LogP contribution in [-0.2, 0) is 20.7 Å². The van der Waals surface area contributed by atoms with Gasteiger partial charge in [-0.25, -0.2) is 4.39 Å². The summed E-state index contributed by atoms with van der Waals surface area (Å²) in [6.45, 7) is 3.42. The lowest BCUT2D eigenvalue weighted by atomic mass is 10.1. The van der Waals surface area contributed by atoms with Crippen LogP contribution in [0.25, 0.3) is 0 Å². The first kappa shape index (κ1) is 18.4. The van der Waals surface area contributed by atoms with Gasteiger partial charge in [0.2, 0.25) is 0 Å². The maximum absolute atomic E-state index is 13.6. The fourth-order valence-corrected chi connectivity index (χ4v) is 2.16. The third-order valence-corrected chi connectivity index (χ3v) is 3.56. The maximum Gasteiger partial charge on any atom is 0.311 e. The van der Waals surface area contributed by atoms with Gasteiger partial charge in [-0.15, -0.1) is 0 Å². The van der Waals surface area contributed by atoms with Crippen molar-refractivity contribution in [3.63, 3.8) is 0 Å². The molecule has 6 heteroatoms. The van der Waals surface area contributed by atoms with Crippen LogP contribution in [0.5, 0.6) is 5.75 Å². The Morgan fingerprint density at radius 1 is 1.16 bits per heavy atom. The lowest BCUT2D eigenvalue weighted by Gasteiger charge is -2.14. The number of hydrogen-bond acceptors (Lipinski definition) is 4.